The van der Waals surface area contributed by atoms with E-state index in [-0.39, 0.29) is 5.91 Å². The molecule has 7 nitrogen and oxygen atoms in total. The van der Waals surface area contributed by atoms with Crippen LogP contribution in [0.2, 0.25) is 0 Å². The molecule has 0 saturated heterocycles. The fraction of sp³-hybridized carbons (Fsp3) is 0.429. The number of hydrogen-bond donors (Lipinski definition) is 1. The Morgan fingerprint density at radius 1 is 1.36 bits per heavy atom. The maximum absolute atomic E-state index is 11.7. The Bertz CT molecular complexity index is 603. The van der Waals surface area contributed by atoms with Gasteiger partial charge < -0.3 is 14.6 Å². The summed E-state index contributed by atoms with van der Waals surface area (Å²) in [6, 6.07) is 3.78. The highest BCUT2D eigenvalue weighted by Gasteiger charge is 2.14. The van der Waals surface area contributed by atoms with Crippen molar-refractivity contribution in [3.63, 3.8) is 0 Å². The van der Waals surface area contributed by atoms with Crippen molar-refractivity contribution < 1.29 is 9.53 Å². The molecule has 0 aliphatic heterocycles. The van der Waals surface area contributed by atoms with Crippen LogP contribution >= 0.6 is 11.8 Å². The average Bonchev–Trinajstić information content (AvgIpc) is 2.97. The predicted molar refractivity (Wildman–Crippen MR) is 84.5 cm³/mol. The van der Waals surface area contributed by atoms with Crippen LogP contribution in [-0.4, -0.2) is 51.7 Å². The fourth-order valence-electron chi connectivity index (χ4n) is 1.87. The summed E-state index contributed by atoms with van der Waals surface area (Å²) in [5, 5.41) is 11.9. The Balaban J connectivity index is 2.00. The molecule has 0 saturated carbocycles. The molecular weight excluding hydrogens is 302 g/mol. The number of nitrogens with zero attached hydrogens (tertiary/aromatic N) is 4. The molecule has 2 aromatic heterocycles. The molecule has 118 valence electrons. The minimum atomic E-state index is -0.0434. The molecule has 0 unspecified atom stereocenters. The highest BCUT2D eigenvalue weighted by atomic mass is 32.2. The molecule has 1 amide bonds. The van der Waals surface area contributed by atoms with Crippen molar-refractivity contribution in [3.05, 3.63) is 24.5 Å². The van der Waals surface area contributed by atoms with E-state index in [2.05, 4.69) is 20.5 Å². The number of hydrogen-bond acceptors (Lipinski definition) is 6. The third kappa shape index (κ3) is 4.28. The molecule has 22 heavy (non-hydrogen) atoms. The molecule has 8 heteroatoms. The number of carbonyl (C=O) groups is 1. The summed E-state index contributed by atoms with van der Waals surface area (Å²) in [6.07, 6.45) is 3.44. The van der Waals surface area contributed by atoms with E-state index >= 15 is 0 Å². The van der Waals surface area contributed by atoms with Crippen LogP contribution in [0.25, 0.3) is 11.4 Å². The number of thioether (sulfide) groups is 1. The summed E-state index contributed by atoms with van der Waals surface area (Å²) >= 11 is 1.37. The van der Waals surface area contributed by atoms with Crippen LogP contribution in [0.15, 0.2) is 29.7 Å². The van der Waals surface area contributed by atoms with Gasteiger partial charge in [-0.15, -0.1) is 10.2 Å². The lowest BCUT2D eigenvalue weighted by Gasteiger charge is -2.07. The average molecular weight is 321 g/mol. The van der Waals surface area contributed by atoms with E-state index < -0.39 is 0 Å². The second-order valence-corrected chi connectivity index (χ2v) is 5.36. The normalized spacial score (nSPS) is 10.6. The minimum Gasteiger partial charge on any atom is -0.383 e. The van der Waals surface area contributed by atoms with Gasteiger partial charge in [0.25, 0.3) is 0 Å². The first-order chi connectivity index (χ1) is 10.8. The zero-order valence-corrected chi connectivity index (χ0v) is 13.5. The van der Waals surface area contributed by atoms with E-state index in [9.17, 15) is 4.79 Å². The van der Waals surface area contributed by atoms with Crippen LogP contribution in [0, 0.1) is 0 Å². The Morgan fingerprint density at radius 3 is 2.82 bits per heavy atom. The molecule has 0 spiro atoms. The van der Waals surface area contributed by atoms with Gasteiger partial charge in [0.1, 0.15) is 0 Å². The Morgan fingerprint density at radius 2 is 2.14 bits per heavy atom. The molecular formula is C14H19N5O2S. The molecule has 0 atom stereocenters. The Hall–Kier alpha value is -1.93. The summed E-state index contributed by atoms with van der Waals surface area (Å²) in [6.45, 7) is 3.78. The first-order valence-electron chi connectivity index (χ1n) is 6.98. The lowest BCUT2D eigenvalue weighted by molar-refractivity contribution is -0.118. The SMILES string of the molecule is CCn1c(SCC(=O)NCCOC)nnc1-c1ccncc1. The van der Waals surface area contributed by atoms with E-state index in [1.165, 1.54) is 11.8 Å². The van der Waals surface area contributed by atoms with Gasteiger partial charge in [0, 0.05) is 38.2 Å². The second-order valence-electron chi connectivity index (χ2n) is 4.42. The van der Waals surface area contributed by atoms with E-state index in [4.69, 9.17) is 4.74 Å². The van der Waals surface area contributed by atoms with Crippen molar-refractivity contribution in [3.8, 4) is 11.4 Å². The van der Waals surface area contributed by atoms with Gasteiger partial charge in [-0.05, 0) is 19.1 Å². The van der Waals surface area contributed by atoms with Crippen molar-refractivity contribution in [2.45, 2.75) is 18.6 Å². The standard InChI is InChI=1S/C14H19N5O2S/c1-3-19-13(11-4-6-15-7-5-11)17-18-14(19)22-10-12(20)16-8-9-21-2/h4-7H,3,8-10H2,1-2H3,(H,16,20). The van der Waals surface area contributed by atoms with Crippen LogP contribution in [-0.2, 0) is 16.1 Å². The van der Waals surface area contributed by atoms with Crippen molar-refractivity contribution in [1.29, 1.82) is 0 Å². The highest BCUT2D eigenvalue weighted by Crippen LogP contribution is 2.23. The van der Waals surface area contributed by atoms with Crippen molar-refractivity contribution in [2.24, 2.45) is 0 Å². The molecule has 2 aromatic rings. The van der Waals surface area contributed by atoms with E-state index in [0.717, 1.165) is 23.1 Å². The van der Waals surface area contributed by atoms with Crippen LogP contribution < -0.4 is 5.32 Å². The minimum absolute atomic E-state index is 0.0434. The third-order valence-electron chi connectivity index (χ3n) is 2.93. The van der Waals surface area contributed by atoms with Gasteiger partial charge in [-0.25, -0.2) is 0 Å². The number of nitrogens with one attached hydrogen (secondary N) is 1. The number of carbonyl (C=O) groups excluding carboxylic acids is 1. The van der Waals surface area contributed by atoms with Crippen LogP contribution in [0.1, 0.15) is 6.92 Å². The van der Waals surface area contributed by atoms with Crippen LogP contribution in [0.5, 0.6) is 0 Å². The van der Waals surface area contributed by atoms with Gasteiger partial charge in [-0.3, -0.25) is 9.78 Å². The first kappa shape index (κ1) is 16.4. The fourth-order valence-corrected chi connectivity index (χ4v) is 2.70. The van der Waals surface area contributed by atoms with E-state index in [1.54, 1.807) is 19.5 Å². The number of ether oxygens (including phenoxy) is 1. The number of pyridine rings is 1. The molecule has 0 aliphatic carbocycles. The summed E-state index contributed by atoms with van der Waals surface area (Å²) in [7, 11) is 1.60. The van der Waals surface area contributed by atoms with Gasteiger partial charge in [0.05, 0.1) is 12.4 Å². The summed E-state index contributed by atoms with van der Waals surface area (Å²) in [5.74, 6) is 1.04. The largest absolute Gasteiger partial charge is 0.383 e. The monoisotopic (exact) mass is 321 g/mol. The van der Waals surface area contributed by atoms with Crippen molar-refractivity contribution in [1.82, 2.24) is 25.1 Å². The summed E-state index contributed by atoms with van der Waals surface area (Å²) < 4.78 is 6.88. The number of aromatic nitrogens is 4. The number of rotatable bonds is 8. The van der Waals surface area contributed by atoms with E-state index in [0.29, 0.717) is 18.9 Å². The topological polar surface area (TPSA) is 81.9 Å². The highest BCUT2D eigenvalue weighted by molar-refractivity contribution is 7.99. The smallest absolute Gasteiger partial charge is 0.230 e. The van der Waals surface area contributed by atoms with Crippen molar-refractivity contribution in [2.75, 3.05) is 26.0 Å². The molecule has 2 rings (SSSR count). The lowest BCUT2D eigenvalue weighted by atomic mass is 10.2. The molecule has 0 fully saturated rings. The molecule has 0 aromatic carbocycles. The first-order valence-corrected chi connectivity index (χ1v) is 7.96. The van der Waals surface area contributed by atoms with Gasteiger partial charge >= 0.3 is 0 Å². The summed E-state index contributed by atoms with van der Waals surface area (Å²) in [5.41, 5.74) is 0.959. The van der Waals surface area contributed by atoms with Gasteiger partial charge in [0.15, 0.2) is 11.0 Å². The Kier molecular flexibility index (Phi) is 6.35. The van der Waals surface area contributed by atoms with E-state index in [1.807, 2.05) is 23.6 Å². The zero-order valence-electron chi connectivity index (χ0n) is 12.7. The summed E-state index contributed by atoms with van der Waals surface area (Å²) in [4.78, 5) is 15.7. The van der Waals surface area contributed by atoms with Gasteiger partial charge in [-0.2, -0.15) is 0 Å². The van der Waals surface area contributed by atoms with Gasteiger partial charge in [0.2, 0.25) is 5.91 Å². The third-order valence-corrected chi connectivity index (χ3v) is 3.90. The maximum Gasteiger partial charge on any atom is 0.230 e. The number of amides is 1. The quantitative estimate of drug-likeness (QED) is 0.581. The molecule has 0 aliphatic rings. The number of methoxy groups -OCH3 is 1. The maximum atomic E-state index is 11.7. The van der Waals surface area contributed by atoms with Crippen LogP contribution in [0.3, 0.4) is 0 Å². The van der Waals surface area contributed by atoms with Crippen LogP contribution in [0.4, 0.5) is 0 Å². The molecule has 2 heterocycles. The van der Waals surface area contributed by atoms with Crippen molar-refractivity contribution >= 4 is 17.7 Å². The Labute approximate surface area is 133 Å². The lowest BCUT2D eigenvalue weighted by Crippen LogP contribution is -2.28. The predicted octanol–water partition coefficient (Wildman–Crippen LogP) is 1.21. The zero-order chi connectivity index (χ0) is 15.8. The molecule has 1 N–H and O–H groups in total. The molecule has 0 bridgehead atoms. The van der Waals surface area contributed by atoms with Gasteiger partial charge in [-0.1, -0.05) is 11.8 Å². The second kappa shape index (κ2) is 8.50. The molecule has 0 radical (unpaired) electrons.